The largest absolute Gasteiger partial charge is 0.379 e. The van der Waals surface area contributed by atoms with Gasteiger partial charge in [-0.15, -0.1) is 0 Å². The van der Waals surface area contributed by atoms with E-state index in [1.54, 1.807) is 0 Å². The Kier molecular flexibility index (Phi) is 6.75. The van der Waals surface area contributed by atoms with E-state index in [2.05, 4.69) is 23.8 Å². The number of amides is 2. The lowest BCUT2D eigenvalue weighted by atomic mass is 9.99. The number of ether oxygens (including phenoxy) is 1. The van der Waals surface area contributed by atoms with Gasteiger partial charge in [0.15, 0.2) is 0 Å². The summed E-state index contributed by atoms with van der Waals surface area (Å²) in [7, 11) is 2.08. The van der Waals surface area contributed by atoms with E-state index in [-0.39, 0.29) is 17.9 Å². The zero-order valence-corrected chi connectivity index (χ0v) is 18.3. The molecule has 0 aromatic heterocycles. The average molecular weight is 400 g/mol. The minimum Gasteiger partial charge on any atom is -0.379 e. The molecule has 0 unspecified atom stereocenters. The van der Waals surface area contributed by atoms with Crippen LogP contribution in [0.2, 0.25) is 0 Å². The van der Waals surface area contributed by atoms with E-state index in [1.807, 2.05) is 39.0 Å². The van der Waals surface area contributed by atoms with Crippen molar-refractivity contribution < 1.29 is 14.3 Å². The highest BCUT2D eigenvalue weighted by Gasteiger charge is 2.41. The lowest BCUT2D eigenvalue weighted by Gasteiger charge is -2.34. The van der Waals surface area contributed by atoms with Crippen molar-refractivity contribution in [2.45, 2.75) is 40.2 Å². The Morgan fingerprint density at radius 3 is 2.31 bits per heavy atom. The first-order valence-corrected chi connectivity index (χ1v) is 10.5. The molecule has 0 spiro atoms. The van der Waals surface area contributed by atoms with Crippen LogP contribution in [0.3, 0.4) is 0 Å². The third-order valence-corrected chi connectivity index (χ3v) is 5.74. The van der Waals surface area contributed by atoms with Gasteiger partial charge in [-0.3, -0.25) is 14.5 Å². The van der Waals surface area contributed by atoms with Crippen molar-refractivity contribution in [3.63, 3.8) is 0 Å². The quantitative estimate of drug-likeness (QED) is 0.521. The summed E-state index contributed by atoms with van der Waals surface area (Å²) in [5.41, 5.74) is 4.25. The number of hydrogen-bond donors (Lipinski definition) is 0. The van der Waals surface area contributed by atoms with Gasteiger partial charge in [0.25, 0.3) is 11.8 Å². The molecule has 0 N–H and O–H groups in total. The van der Waals surface area contributed by atoms with Crippen LogP contribution in [0, 0.1) is 13.8 Å². The Bertz CT molecular complexity index is 808. The lowest BCUT2D eigenvalue weighted by molar-refractivity contribution is -0.137. The second-order valence-corrected chi connectivity index (χ2v) is 8.35. The fraction of sp³-hybridized carbons (Fsp3) is 0.565. The Morgan fingerprint density at radius 2 is 1.69 bits per heavy atom. The van der Waals surface area contributed by atoms with Crippen LogP contribution in [0.5, 0.6) is 0 Å². The van der Waals surface area contributed by atoms with Gasteiger partial charge in [0, 0.05) is 39.3 Å². The van der Waals surface area contributed by atoms with Gasteiger partial charge in [-0.2, -0.15) is 0 Å². The fourth-order valence-corrected chi connectivity index (χ4v) is 3.79. The summed E-state index contributed by atoms with van der Waals surface area (Å²) in [6, 6.07) is 6.01. The predicted octanol–water partition coefficient (Wildman–Crippen LogP) is 2.45. The molecule has 0 atom stereocenters. The van der Waals surface area contributed by atoms with Crippen LogP contribution in [0.1, 0.15) is 37.0 Å². The van der Waals surface area contributed by atoms with Gasteiger partial charge in [0.1, 0.15) is 5.70 Å². The van der Waals surface area contributed by atoms with Crippen LogP contribution in [-0.4, -0.2) is 79.0 Å². The molecule has 2 heterocycles. The maximum Gasteiger partial charge on any atom is 0.277 e. The third-order valence-electron chi connectivity index (χ3n) is 5.74. The number of benzene rings is 1. The van der Waals surface area contributed by atoms with Gasteiger partial charge in [-0.1, -0.05) is 18.2 Å². The zero-order chi connectivity index (χ0) is 21.1. The minimum atomic E-state index is -0.184. The molecule has 3 rings (SSSR count). The average Bonchev–Trinajstić information content (AvgIpc) is 2.92. The number of carbonyl (C=O) groups excluding carboxylic acids is 2. The van der Waals surface area contributed by atoms with E-state index < -0.39 is 0 Å². The van der Waals surface area contributed by atoms with Crippen LogP contribution in [0.25, 0.3) is 5.57 Å². The van der Waals surface area contributed by atoms with Crippen molar-refractivity contribution in [1.29, 1.82) is 0 Å². The molecule has 1 fully saturated rings. The number of rotatable bonds is 7. The first-order chi connectivity index (χ1) is 13.8. The van der Waals surface area contributed by atoms with Crippen LogP contribution in [0.4, 0.5) is 0 Å². The molecule has 158 valence electrons. The SMILES string of the molecule is Cc1ccc(C2=C(N3CCN(C)CC3)C(=O)N(CCCOC(C)C)C2=O)cc1C. The summed E-state index contributed by atoms with van der Waals surface area (Å²) in [5.74, 6) is -0.353. The van der Waals surface area contributed by atoms with Crippen molar-refractivity contribution in [2.75, 3.05) is 46.4 Å². The third kappa shape index (κ3) is 4.70. The minimum absolute atomic E-state index is 0.144. The monoisotopic (exact) mass is 399 g/mol. The van der Waals surface area contributed by atoms with Crippen molar-refractivity contribution in [3.8, 4) is 0 Å². The second kappa shape index (κ2) is 9.09. The lowest BCUT2D eigenvalue weighted by Crippen LogP contribution is -2.46. The molecule has 1 saturated heterocycles. The molecule has 1 aromatic rings. The Balaban J connectivity index is 1.90. The first-order valence-electron chi connectivity index (χ1n) is 10.5. The van der Waals surface area contributed by atoms with Gasteiger partial charge < -0.3 is 14.5 Å². The molecule has 29 heavy (non-hydrogen) atoms. The van der Waals surface area contributed by atoms with E-state index >= 15 is 0 Å². The van der Waals surface area contributed by atoms with E-state index in [0.717, 1.165) is 37.3 Å². The van der Waals surface area contributed by atoms with Crippen LogP contribution >= 0.6 is 0 Å². The molecule has 2 aliphatic heterocycles. The molecule has 0 saturated carbocycles. The maximum absolute atomic E-state index is 13.3. The highest BCUT2D eigenvalue weighted by atomic mass is 16.5. The van der Waals surface area contributed by atoms with Crippen molar-refractivity contribution >= 4 is 17.4 Å². The summed E-state index contributed by atoms with van der Waals surface area (Å²) in [6.45, 7) is 12.3. The molecular weight excluding hydrogens is 366 g/mol. The number of imide groups is 1. The zero-order valence-electron chi connectivity index (χ0n) is 18.3. The number of hydrogen-bond acceptors (Lipinski definition) is 5. The molecule has 6 nitrogen and oxygen atoms in total. The molecule has 2 aliphatic rings. The summed E-state index contributed by atoms with van der Waals surface area (Å²) in [5, 5.41) is 0. The molecule has 0 bridgehead atoms. The van der Waals surface area contributed by atoms with Crippen LogP contribution < -0.4 is 0 Å². The smallest absolute Gasteiger partial charge is 0.277 e. The predicted molar refractivity (Wildman–Crippen MR) is 114 cm³/mol. The molecule has 1 aromatic carbocycles. The topological polar surface area (TPSA) is 53.1 Å². The molecule has 0 aliphatic carbocycles. The molecule has 2 amide bonds. The molecule has 0 radical (unpaired) electrons. The molecule has 6 heteroatoms. The van der Waals surface area contributed by atoms with Crippen molar-refractivity contribution in [2.24, 2.45) is 0 Å². The normalized spacial score (nSPS) is 18.6. The maximum atomic E-state index is 13.3. The van der Waals surface area contributed by atoms with Crippen LogP contribution in [-0.2, 0) is 14.3 Å². The van der Waals surface area contributed by atoms with E-state index in [1.165, 1.54) is 10.5 Å². The summed E-state index contributed by atoms with van der Waals surface area (Å²) >= 11 is 0. The van der Waals surface area contributed by atoms with Crippen molar-refractivity contribution in [3.05, 3.63) is 40.6 Å². The summed E-state index contributed by atoms with van der Waals surface area (Å²) in [4.78, 5) is 32.4. The second-order valence-electron chi connectivity index (χ2n) is 8.35. The molecular formula is C23H33N3O3. The van der Waals surface area contributed by atoms with Gasteiger partial charge >= 0.3 is 0 Å². The first kappa shape index (κ1) is 21.5. The Morgan fingerprint density at radius 1 is 1.00 bits per heavy atom. The van der Waals surface area contributed by atoms with Gasteiger partial charge in [-0.25, -0.2) is 0 Å². The van der Waals surface area contributed by atoms with Crippen LogP contribution in [0.15, 0.2) is 23.9 Å². The summed E-state index contributed by atoms with van der Waals surface area (Å²) in [6.07, 6.45) is 0.788. The Hall–Kier alpha value is -2.18. The number of carbonyl (C=O) groups is 2. The van der Waals surface area contributed by atoms with Gasteiger partial charge in [-0.05, 0) is 57.9 Å². The highest BCUT2D eigenvalue weighted by Crippen LogP contribution is 2.33. The van der Waals surface area contributed by atoms with Gasteiger partial charge in [0.2, 0.25) is 0 Å². The van der Waals surface area contributed by atoms with E-state index in [4.69, 9.17) is 4.74 Å². The summed E-state index contributed by atoms with van der Waals surface area (Å²) < 4.78 is 5.59. The Labute approximate surface area is 174 Å². The number of aryl methyl sites for hydroxylation is 2. The standard InChI is InChI=1S/C23H33N3O3/c1-16(2)29-14-6-9-26-22(27)20(19-8-7-17(3)18(4)15-19)21(23(26)28)25-12-10-24(5)11-13-25/h7-8,15-16H,6,9-14H2,1-5H3. The highest BCUT2D eigenvalue weighted by molar-refractivity contribution is 6.35. The van der Waals surface area contributed by atoms with E-state index in [0.29, 0.717) is 30.8 Å². The van der Waals surface area contributed by atoms with Gasteiger partial charge in [0.05, 0.1) is 11.7 Å². The van der Waals surface area contributed by atoms with E-state index in [9.17, 15) is 9.59 Å². The number of piperazine rings is 1. The number of nitrogens with zero attached hydrogens (tertiary/aromatic N) is 3. The number of likely N-dealkylation sites (N-methyl/N-ethyl adjacent to an activating group) is 1. The van der Waals surface area contributed by atoms with Crippen molar-refractivity contribution in [1.82, 2.24) is 14.7 Å². The fourth-order valence-electron chi connectivity index (χ4n) is 3.79.